The van der Waals surface area contributed by atoms with Crippen LogP contribution >= 0.6 is 11.8 Å². The third kappa shape index (κ3) is 7.93. The number of benzene rings is 3. The first-order valence-corrected chi connectivity index (χ1v) is 15.4. The van der Waals surface area contributed by atoms with E-state index >= 15 is 0 Å². The van der Waals surface area contributed by atoms with E-state index in [0.29, 0.717) is 34.0 Å². The highest BCUT2D eigenvalue weighted by Crippen LogP contribution is 2.34. The molecule has 5 rings (SSSR count). The number of hydrogen-bond acceptors (Lipinski definition) is 7. The second-order valence-electron chi connectivity index (χ2n) is 10.5. The number of rotatable bonds is 8. The SMILES string of the molecule is CCOC(=O)C(=O)Nc1ccc(/N=C2/S/C(=C\c3ccc(OCc4ccc(C5CCCCC5)cc4)cc3)C(=O)N2C)cc1. The van der Waals surface area contributed by atoms with E-state index in [1.165, 1.54) is 54.3 Å². The molecule has 0 spiro atoms. The Morgan fingerprint density at radius 1 is 0.977 bits per heavy atom. The summed E-state index contributed by atoms with van der Waals surface area (Å²) in [6.07, 6.45) is 8.46. The molecule has 3 aromatic rings. The molecule has 1 N–H and O–H groups in total. The zero-order valence-corrected chi connectivity index (χ0v) is 25.2. The molecular formula is C34H35N3O5S. The van der Waals surface area contributed by atoms with E-state index in [4.69, 9.17) is 9.47 Å². The van der Waals surface area contributed by atoms with Crippen LogP contribution in [0, 0.1) is 0 Å². The van der Waals surface area contributed by atoms with Crippen LogP contribution in [0.3, 0.4) is 0 Å². The average Bonchev–Trinajstić information content (AvgIpc) is 3.29. The maximum atomic E-state index is 12.9. The van der Waals surface area contributed by atoms with Crippen molar-refractivity contribution in [2.75, 3.05) is 19.0 Å². The Morgan fingerprint density at radius 3 is 2.35 bits per heavy atom. The van der Waals surface area contributed by atoms with Crippen LogP contribution in [0.1, 0.15) is 61.6 Å². The van der Waals surface area contributed by atoms with Gasteiger partial charge in [0.15, 0.2) is 5.17 Å². The van der Waals surface area contributed by atoms with Gasteiger partial charge in [-0.25, -0.2) is 9.79 Å². The molecule has 1 aliphatic carbocycles. The van der Waals surface area contributed by atoms with Gasteiger partial charge in [0.1, 0.15) is 12.4 Å². The third-order valence-corrected chi connectivity index (χ3v) is 8.51. The summed E-state index contributed by atoms with van der Waals surface area (Å²) in [7, 11) is 1.68. The Hall–Kier alpha value is -4.37. The molecule has 3 aromatic carbocycles. The number of hydrogen-bond donors (Lipinski definition) is 1. The van der Waals surface area contributed by atoms with Crippen molar-refractivity contribution in [1.29, 1.82) is 0 Å². The fourth-order valence-corrected chi connectivity index (χ4v) is 6.05. The summed E-state index contributed by atoms with van der Waals surface area (Å²) in [5.74, 6) is -0.453. The molecule has 2 amide bonds. The number of carbonyl (C=O) groups excluding carboxylic acids is 3. The van der Waals surface area contributed by atoms with E-state index in [-0.39, 0.29) is 12.5 Å². The van der Waals surface area contributed by atoms with Gasteiger partial charge in [0.05, 0.1) is 17.2 Å². The summed E-state index contributed by atoms with van der Waals surface area (Å²) in [6, 6.07) is 23.2. The number of amidine groups is 1. The second-order valence-corrected chi connectivity index (χ2v) is 11.5. The third-order valence-electron chi connectivity index (χ3n) is 7.45. The minimum Gasteiger partial charge on any atom is -0.489 e. The van der Waals surface area contributed by atoms with Gasteiger partial charge in [-0.15, -0.1) is 0 Å². The van der Waals surface area contributed by atoms with Gasteiger partial charge in [-0.3, -0.25) is 14.5 Å². The molecule has 9 heteroatoms. The zero-order valence-electron chi connectivity index (χ0n) is 24.4. The molecule has 0 atom stereocenters. The molecule has 1 heterocycles. The van der Waals surface area contributed by atoms with Crippen LogP contribution in [-0.4, -0.2) is 41.5 Å². The summed E-state index contributed by atoms with van der Waals surface area (Å²) in [5, 5.41) is 3.02. The molecule has 8 nitrogen and oxygen atoms in total. The van der Waals surface area contributed by atoms with Crippen molar-refractivity contribution >= 4 is 52.2 Å². The Balaban J connectivity index is 1.16. The summed E-state index contributed by atoms with van der Waals surface area (Å²) >= 11 is 1.29. The average molecular weight is 598 g/mol. The van der Waals surface area contributed by atoms with E-state index in [0.717, 1.165) is 16.9 Å². The van der Waals surface area contributed by atoms with Crippen molar-refractivity contribution < 1.29 is 23.9 Å². The normalized spacial score (nSPS) is 17.3. The lowest BCUT2D eigenvalue weighted by Gasteiger charge is -2.22. The van der Waals surface area contributed by atoms with Gasteiger partial charge in [-0.2, -0.15) is 0 Å². The van der Waals surface area contributed by atoms with Crippen molar-refractivity contribution in [3.8, 4) is 5.75 Å². The van der Waals surface area contributed by atoms with Crippen molar-refractivity contribution in [3.05, 3.63) is 94.4 Å². The van der Waals surface area contributed by atoms with E-state index < -0.39 is 11.9 Å². The highest BCUT2D eigenvalue weighted by molar-refractivity contribution is 8.18. The lowest BCUT2D eigenvalue weighted by atomic mass is 9.84. The lowest BCUT2D eigenvalue weighted by molar-refractivity contribution is -0.152. The predicted octanol–water partition coefficient (Wildman–Crippen LogP) is 7.05. The maximum absolute atomic E-state index is 12.9. The van der Waals surface area contributed by atoms with Crippen molar-refractivity contribution in [3.63, 3.8) is 0 Å². The first-order valence-electron chi connectivity index (χ1n) is 14.6. The quantitative estimate of drug-likeness (QED) is 0.170. The van der Waals surface area contributed by atoms with E-state index in [2.05, 4.69) is 34.6 Å². The minimum absolute atomic E-state index is 0.123. The molecule has 2 fully saturated rings. The van der Waals surface area contributed by atoms with E-state index in [9.17, 15) is 14.4 Å². The van der Waals surface area contributed by atoms with Crippen LogP contribution in [0.25, 0.3) is 6.08 Å². The molecule has 0 radical (unpaired) electrons. The van der Waals surface area contributed by atoms with Crippen molar-refractivity contribution in [2.24, 2.45) is 4.99 Å². The van der Waals surface area contributed by atoms with Crippen LogP contribution in [0.5, 0.6) is 5.75 Å². The van der Waals surface area contributed by atoms with Gasteiger partial charge < -0.3 is 14.8 Å². The maximum Gasteiger partial charge on any atom is 0.397 e. The highest BCUT2D eigenvalue weighted by Gasteiger charge is 2.30. The molecule has 0 unspecified atom stereocenters. The number of esters is 1. The number of thioether (sulfide) groups is 1. The smallest absolute Gasteiger partial charge is 0.397 e. The predicted molar refractivity (Wildman–Crippen MR) is 170 cm³/mol. The molecule has 1 saturated heterocycles. The molecule has 1 saturated carbocycles. The number of nitrogens with zero attached hydrogens (tertiary/aromatic N) is 2. The second kappa shape index (κ2) is 14.2. The molecule has 0 aromatic heterocycles. The highest BCUT2D eigenvalue weighted by atomic mass is 32.2. The molecular weight excluding hydrogens is 562 g/mol. The molecule has 0 bridgehead atoms. The number of nitrogens with one attached hydrogen (secondary N) is 1. The van der Waals surface area contributed by atoms with Gasteiger partial charge in [-0.05, 0) is 96.6 Å². The fraction of sp³-hybridized carbons (Fsp3) is 0.294. The van der Waals surface area contributed by atoms with Crippen LogP contribution in [-0.2, 0) is 25.7 Å². The van der Waals surface area contributed by atoms with Crippen molar-refractivity contribution in [1.82, 2.24) is 4.90 Å². The van der Waals surface area contributed by atoms with Crippen LogP contribution < -0.4 is 10.1 Å². The Labute approximate surface area is 256 Å². The van der Waals surface area contributed by atoms with Crippen LogP contribution in [0.4, 0.5) is 11.4 Å². The largest absolute Gasteiger partial charge is 0.489 e. The summed E-state index contributed by atoms with van der Waals surface area (Å²) < 4.78 is 10.7. The zero-order chi connectivity index (χ0) is 30.2. The van der Waals surface area contributed by atoms with E-state index in [1.54, 1.807) is 38.2 Å². The van der Waals surface area contributed by atoms with Gasteiger partial charge in [0, 0.05) is 12.7 Å². The molecule has 1 aliphatic heterocycles. The number of aliphatic imine (C=N–C) groups is 1. The number of ether oxygens (including phenoxy) is 2. The lowest BCUT2D eigenvalue weighted by Crippen LogP contribution is -2.24. The van der Waals surface area contributed by atoms with Gasteiger partial charge in [-0.1, -0.05) is 55.7 Å². The Bertz CT molecular complexity index is 1510. The standard InChI is InChI=1S/C34H35N3O5S/c1-3-41-33(40)31(38)35-27-15-17-28(18-16-27)36-34-37(2)32(39)30(43-34)21-23-11-19-29(20-12-23)42-22-24-9-13-26(14-10-24)25-7-5-4-6-8-25/h9-21,25H,3-8,22H2,1-2H3,(H,35,38)/b30-21-,36-34+. The number of anilines is 1. The number of likely N-dealkylation sites (N-methyl/N-ethyl adjacent to an activating group) is 1. The molecule has 222 valence electrons. The van der Waals surface area contributed by atoms with Crippen LogP contribution in [0.2, 0.25) is 0 Å². The first kappa shape index (κ1) is 30.1. The number of amides is 2. The molecule has 2 aliphatic rings. The monoisotopic (exact) mass is 597 g/mol. The van der Waals surface area contributed by atoms with Crippen molar-refractivity contribution in [2.45, 2.75) is 51.6 Å². The van der Waals surface area contributed by atoms with Crippen LogP contribution in [0.15, 0.2) is 82.7 Å². The first-order chi connectivity index (χ1) is 20.9. The van der Waals surface area contributed by atoms with Gasteiger partial charge in [0.25, 0.3) is 5.91 Å². The summed E-state index contributed by atoms with van der Waals surface area (Å²) in [4.78, 5) is 42.9. The summed E-state index contributed by atoms with van der Waals surface area (Å²) in [5.41, 5.74) is 4.50. The Morgan fingerprint density at radius 2 is 1.67 bits per heavy atom. The van der Waals surface area contributed by atoms with Gasteiger partial charge >= 0.3 is 11.9 Å². The number of carbonyl (C=O) groups is 3. The van der Waals surface area contributed by atoms with E-state index in [1.807, 2.05) is 30.3 Å². The molecule has 43 heavy (non-hydrogen) atoms. The van der Waals surface area contributed by atoms with Gasteiger partial charge in [0.2, 0.25) is 0 Å². The Kier molecular flexibility index (Phi) is 9.94. The minimum atomic E-state index is -0.939. The topological polar surface area (TPSA) is 97.3 Å². The fourth-order valence-electron chi connectivity index (χ4n) is 5.06. The summed E-state index contributed by atoms with van der Waals surface area (Å²) in [6.45, 7) is 2.26.